The molecule has 8 heteroatoms. The molecule has 1 N–H and O–H groups in total. The molecule has 0 bridgehead atoms. The van der Waals surface area contributed by atoms with Gasteiger partial charge in [0, 0.05) is 36.8 Å². The molecule has 3 rings (SSSR count). The molecule has 2 aromatic carbocycles. The number of halogens is 2. The van der Waals surface area contributed by atoms with Crippen molar-refractivity contribution in [1.82, 2.24) is 4.72 Å². The number of para-hydroxylation sites is 1. The lowest BCUT2D eigenvalue weighted by molar-refractivity contribution is 0.0508. The lowest BCUT2D eigenvalue weighted by Gasteiger charge is -2.38. The lowest BCUT2D eigenvalue weighted by atomic mass is 9.74. The molecule has 1 fully saturated rings. The largest absolute Gasteiger partial charge is 0.496 e. The van der Waals surface area contributed by atoms with E-state index < -0.39 is 32.0 Å². The summed E-state index contributed by atoms with van der Waals surface area (Å²) in [5.74, 6) is -1.30. The van der Waals surface area contributed by atoms with E-state index in [1.165, 1.54) is 0 Å². The van der Waals surface area contributed by atoms with Crippen LogP contribution < -0.4 is 9.46 Å². The van der Waals surface area contributed by atoms with Crippen molar-refractivity contribution in [3.63, 3.8) is 0 Å². The first-order chi connectivity index (χ1) is 12.9. The third kappa shape index (κ3) is 4.12. The van der Waals surface area contributed by atoms with Gasteiger partial charge in [0.15, 0.2) is 0 Å². The Bertz CT molecular complexity index is 912. The molecule has 0 radical (unpaired) electrons. The summed E-state index contributed by atoms with van der Waals surface area (Å²) in [5, 5.41) is 0. The molecule has 5 nitrogen and oxygen atoms in total. The number of benzene rings is 2. The molecule has 0 aliphatic carbocycles. The normalized spacial score (nSPS) is 16.9. The number of methoxy groups -OCH3 is 1. The Balaban J connectivity index is 1.92. The first kappa shape index (κ1) is 19.7. The molecule has 1 saturated heterocycles. The third-order valence-corrected chi connectivity index (χ3v) is 6.35. The molecule has 1 aliphatic heterocycles. The van der Waals surface area contributed by atoms with Crippen molar-refractivity contribution < 1.29 is 26.7 Å². The number of nitrogens with one attached hydrogen (secondary N) is 1. The highest BCUT2D eigenvalue weighted by Crippen LogP contribution is 2.39. The van der Waals surface area contributed by atoms with Gasteiger partial charge < -0.3 is 9.47 Å². The van der Waals surface area contributed by atoms with E-state index in [-0.39, 0.29) is 6.54 Å². The Morgan fingerprint density at radius 3 is 2.52 bits per heavy atom. The molecular weight excluding hydrogens is 376 g/mol. The zero-order valence-electron chi connectivity index (χ0n) is 14.9. The van der Waals surface area contributed by atoms with Crippen LogP contribution in [0.2, 0.25) is 0 Å². The first-order valence-corrected chi connectivity index (χ1v) is 10.0. The van der Waals surface area contributed by atoms with E-state index in [4.69, 9.17) is 9.47 Å². The van der Waals surface area contributed by atoms with Crippen LogP contribution in [0, 0.1) is 11.6 Å². The van der Waals surface area contributed by atoms with Gasteiger partial charge >= 0.3 is 0 Å². The van der Waals surface area contributed by atoms with Gasteiger partial charge in [-0.15, -0.1) is 0 Å². The van der Waals surface area contributed by atoms with Crippen LogP contribution in [0.1, 0.15) is 18.4 Å². The summed E-state index contributed by atoms with van der Waals surface area (Å²) in [6, 6.07) is 9.82. The van der Waals surface area contributed by atoms with Gasteiger partial charge in [0.1, 0.15) is 22.3 Å². The Morgan fingerprint density at radius 2 is 1.85 bits per heavy atom. The Morgan fingerprint density at radius 1 is 1.15 bits per heavy atom. The highest BCUT2D eigenvalue weighted by Gasteiger charge is 2.38. The van der Waals surface area contributed by atoms with Gasteiger partial charge in [-0.2, -0.15) is 0 Å². The fourth-order valence-electron chi connectivity index (χ4n) is 3.39. The second-order valence-electron chi connectivity index (χ2n) is 6.49. The number of sulfonamides is 1. The van der Waals surface area contributed by atoms with Crippen molar-refractivity contribution in [2.75, 3.05) is 26.9 Å². The molecule has 0 amide bonds. The smallest absolute Gasteiger partial charge is 0.243 e. The molecule has 2 aromatic rings. The summed E-state index contributed by atoms with van der Waals surface area (Å²) in [5.41, 5.74) is 0.326. The predicted molar refractivity (Wildman–Crippen MR) is 96.3 cm³/mol. The highest BCUT2D eigenvalue weighted by atomic mass is 32.2. The van der Waals surface area contributed by atoms with E-state index in [0.717, 1.165) is 17.7 Å². The molecule has 27 heavy (non-hydrogen) atoms. The van der Waals surface area contributed by atoms with Gasteiger partial charge in [-0.25, -0.2) is 21.9 Å². The summed E-state index contributed by atoms with van der Waals surface area (Å²) in [6.07, 6.45) is 1.17. The minimum absolute atomic E-state index is 0.0515. The van der Waals surface area contributed by atoms with E-state index in [1.807, 2.05) is 24.3 Å². The van der Waals surface area contributed by atoms with Crippen molar-refractivity contribution in [2.45, 2.75) is 23.2 Å². The number of rotatable bonds is 6. The SMILES string of the molecule is COc1ccccc1C1(CNS(=O)(=O)c2ccc(F)cc2F)CCOCC1. The topological polar surface area (TPSA) is 64.6 Å². The summed E-state index contributed by atoms with van der Waals surface area (Å²) in [7, 11) is -2.59. The monoisotopic (exact) mass is 397 g/mol. The zero-order valence-corrected chi connectivity index (χ0v) is 15.7. The number of hydrogen-bond acceptors (Lipinski definition) is 4. The quantitative estimate of drug-likeness (QED) is 0.814. The van der Waals surface area contributed by atoms with Crippen LogP contribution in [0.4, 0.5) is 8.78 Å². The summed E-state index contributed by atoms with van der Waals surface area (Å²) in [6.45, 7) is 1.01. The Hall–Kier alpha value is -2.03. The summed E-state index contributed by atoms with van der Waals surface area (Å²) in [4.78, 5) is -0.578. The van der Waals surface area contributed by atoms with Crippen LogP contribution in [0.25, 0.3) is 0 Å². The van der Waals surface area contributed by atoms with Crippen molar-refractivity contribution in [2.24, 2.45) is 0 Å². The Labute approximate surface area is 157 Å². The van der Waals surface area contributed by atoms with Gasteiger partial charge in [-0.05, 0) is 31.0 Å². The maximum absolute atomic E-state index is 13.9. The minimum Gasteiger partial charge on any atom is -0.496 e. The van der Waals surface area contributed by atoms with E-state index in [1.54, 1.807) is 7.11 Å². The molecule has 0 atom stereocenters. The summed E-state index contributed by atoms with van der Waals surface area (Å²) < 4.78 is 65.6. The van der Waals surface area contributed by atoms with Gasteiger partial charge in [-0.3, -0.25) is 0 Å². The van der Waals surface area contributed by atoms with Crippen LogP contribution in [0.15, 0.2) is 47.4 Å². The highest BCUT2D eigenvalue weighted by molar-refractivity contribution is 7.89. The first-order valence-electron chi connectivity index (χ1n) is 8.54. The van der Waals surface area contributed by atoms with Crippen molar-refractivity contribution in [3.05, 3.63) is 59.7 Å². The minimum atomic E-state index is -4.15. The van der Waals surface area contributed by atoms with Crippen LogP contribution >= 0.6 is 0 Å². The second-order valence-corrected chi connectivity index (χ2v) is 8.23. The van der Waals surface area contributed by atoms with E-state index >= 15 is 0 Å². The standard InChI is InChI=1S/C19H21F2NO4S/c1-25-17-5-3-2-4-15(17)19(8-10-26-11-9-19)13-22-27(23,24)18-7-6-14(20)12-16(18)21/h2-7,12,22H,8-11,13H2,1H3. The van der Waals surface area contributed by atoms with E-state index in [2.05, 4.69) is 4.72 Å². The van der Waals surface area contributed by atoms with Gasteiger partial charge in [-0.1, -0.05) is 18.2 Å². The molecule has 0 unspecified atom stereocenters. The third-order valence-electron chi connectivity index (χ3n) is 4.91. The van der Waals surface area contributed by atoms with Crippen LogP contribution in [-0.4, -0.2) is 35.3 Å². The average molecular weight is 397 g/mol. The zero-order chi connectivity index (χ0) is 19.5. The molecule has 1 aliphatic rings. The summed E-state index contributed by atoms with van der Waals surface area (Å²) >= 11 is 0. The van der Waals surface area contributed by atoms with Crippen molar-refractivity contribution in [3.8, 4) is 5.75 Å². The van der Waals surface area contributed by atoms with Crippen LogP contribution in [0.5, 0.6) is 5.75 Å². The number of ether oxygens (including phenoxy) is 2. The van der Waals surface area contributed by atoms with Gasteiger partial charge in [0.25, 0.3) is 0 Å². The molecule has 0 saturated carbocycles. The molecular formula is C19H21F2NO4S. The second kappa shape index (κ2) is 7.92. The Kier molecular flexibility index (Phi) is 5.78. The maximum Gasteiger partial charge on any atom is 0.243 e. The molecule has 1 heterocycles. The fraction of sp³-hybridized carbons (Fsp3) is 0.368. The lowest BCUT2D eigenvalue weighted by Crippen LogP contribution is -2.44. The number of hydrogen-bond donors (Lipinski definition) is 1. The van der Waals surface area contributed by atoms with Gasteiger partial charge in [0.05, 0.1) is 7.11 Å². The van der Waals surface area contributed by atoms with Crippen LogP contribution in [-0.2, 0) is 20.2 Å². The average Bonchev–Trinajstić information content (AvgIpc) is 2.67. The van der Waals surface area contributed by atoms with Gasteiger partial charge in [0.2, 0.25) is 10.0 Å². The molecule has 146 valence electrons. The van der Waals surface area contributed by atoms with Crippen molar-refractivity contribution in [1.29, 1.82) is 0 Å². The molecule has 0 spiro atoms. The predicted octanol–water partition coefficient (Wildman–Crippen LogP) is 3.00. The fourth-order valence-corrected chi connectivity index (χ4v) is 4.57. The van der Waals surface area contributed by atoms with Crippen molar-refractivity contribution >= 4 is 10.0 Å². The van der Waals surface area contributed by atoms with E-state index in [9.17, 15) is 17.2 Å². The van der Waals surface area contributed by atoms with Crippen LogP contribution in [0.3, 0.4) is 0 Å². The maximum atomic E-state index is 13.9. The molecule has 0 aromatic heterocycles. The van der Waals surface area contributed by atoms with E-state index in [0.29, 0.717) is 37.9 Å².